The minimum absolute atomic E-state index is 0.602. The summed E-state index contributed by atoms with van der Waals surface area (Å²) in [5.41, 5.74) is 0. The number of fused-ring (bicyclic) bond motifs is 1. The van der Waals surface area contributed by atoms with E-state index in [1.807, 2.05) is 0 Å². The van der Waals surface area contributed by atoms with Crippen molar-refractivity contribution < 1.29 is 10.2 Å². The highest BCUT2D eigenvalue weighted by Crippen LogP contribution is 2.47. The van der Waals surface area contributed by atoms with Crippen LogP contribution in [0.2, 0.25) is 0 Å². The van der Waals surface area contributed by atoms with E-state index < -0.39 is 6.29 Å². The van der Waals surface area contributed by atoms with E-state index in [2.05, 4.69) is 0 Å². The Labute approximate surface area is 80.0 Å². The van der Waals surface area contributed by atoms with Gasteiger partial charge in [-0.05, 0) is 37.0 Å². The molecule has 0 bridgehead atoms. The first kappa shape index (κ1) is 9.47. The fourth-order valence-corrected chi connectivity index (χ4v) is 3.42. The summed E-state index contributed by atoms with van der Waals surface area (Å²) in [6.45, 7) is 0. The maximum Gasteiger partial charge on any atom is 0.151 e. The van der Waals surface area contributed by atoms with Gasteiger partial charge in [-0.1, -0.05) is 19.3 Å². The van der Waals surface area contributed by atoms with Crippen molar-refractivity contribution in [3.05, 3.63) is 0 Å². The average Bonchev–Trinajstić information content (AvgIpc) is 2.48. The molecule has 0 aliphatic heterocycles. The summed E-state index contributed by atoms with van der Waals surface area (Å²) < 4.78 is 0. The summed E-state index contributed by atoms with van der Waals surface area (Å²) in [7, 11) is 0. The molecule has 2 fully saturated rings. The van der Waals surface area contributed by atoms with Crippen molar-refractivity contribution in [3.63, 3.8) is 0 Å². The van der Waals surface area contributed by atoms with E-state index in [1.54, 1.807) is 0 Å². The van der Waals surface area contributed by atoms with Crippen LogP contribution < -0.4 is 0 Å². The molecule has 0 amide bonds. The molecule has 76 valence electrons. The third-order valence-corrected chi connectivity index (χ3v) is 4.00. The SMILES string of the molecule is OC(O)C[C@H]1CC[C@H]2CCCCC21. The molecule has 2 rings (SSSR count). The van der Waals surface area contributed by atoms with Gasteiger partial charge in [-0.2, -0.15) is 0 Å². The standard InChI is InChI=1S/C11H20O2/c12-11(13)7-9-6-5-8-3-1-2-4-10(8)9/h8-13H,1-7H2/t8-,9-,10?/m1/s1. The van der Waals surface area contributed by atoms with Crippen LogP contribution in [0.3, 0.4) is 0 Å². The van der Waals surface area contributed by atoms with Crippen molar-refractivity contribution in [1.29, 1.82) is 0 Å². The van der Waals surface area contributed by atoms with Crippen LogP contribution in [0.1, 0.15) is 44.9 Å². The van der Waals surface area contributed by atoms with Crippen LogP contribution >= 0.6 is 0 Å². The summed E-state index contributed by atoms with van der Waals surface area (Å²) in [6, 6.07) is 0. The first-order valence-corrected chi connectivity index (χ1v) is 5.63. The summed E-state index contributed by atoms with van der Waals surface area (Å²) >= 11 is 0. The lowest BCUT2D eigenvalue weighted by molar-refractivity contribution is -0.0610. The molecule has 0 radical (unpaired) electrons. The molecule has 2 N–H and O–H groups in total. The summed E-state index contributed by atoms with van der Waals surface area (Å²) in [6.07, 6.45) is 7.58. The van der Waals surface area contributed by atoms with E-state index in [9.17, 15) is 0 Å². The Morgan fingerprint density at radius 2 is 1.77 bits per heavy atom. The number of rotatable bonds is 2. The van der Waals surface area contributed by atoms with E-state index in [-0.39, 0.29) is 0 Å². The largest absolute Gasteiger partial charge is 0.368 e. The summed E-state index contributed by atoms with van der Waals surface area (Å²) in [5.74, 6) is 2.33. The normalized spacial score (nSPS) is 39.5. The Balaban J connectivity index is 1.91. The van der Waals surface area contributed by atoms with E-state index in [0.717, 1.165) is 11.8 Å². The molecule has 2 nitrogen and oxygen atoms in total. The molecular weight excluding hydrogens is 164 g/mol. The molecular formula is C11H20O2. The Morgan fingerprint density at radius 3 is 2.54 bits per heavy atom. The molecule has 0 aromatic heterocycles. The second kappa shape index (κ2) is 3.97. The minimum Gasteiger partial charge on any atom is -0.368 e. The molecule has 2 aliphatic rings. The molecule has 13 heavy (non-hydrogen) atoms. The van der Waals surface area contributed by atoms with Crippen LogP contribution in [-0.2, 0) is 0 Å². The number of hydrogen-bond donors (Lipinski definition) is 2. The molecule has 1 unspecified atom stereocenters. The maximum atomic E-state index is 8.96. The van der Waals surface area contributed by atoms with Gasteiger partial charge in [0.1, 0.15) is 0 Å². The Hall–Kier alpha value is -0.0800. The quantitative estimate of drug-likeness (QED) is 0.643. The zero-order valence-electron chi connectivity index (χ0n) is 8.15. The lowest BCUT2D eigenvalue weighted by atomic mass is 9.77. The average molecular weight is 184 g/mol. The molecule has 0 aromatic carbocycles. The lowest BCUT2D eigenvalue weighted by Crippen LogP contribution is -2.22. The van der Waals surface area contributed by atoms with Crippen LogP contribution in [0.25, 0.3) is 0 Å². The van der Waals surface area contributed by atoms with Crippen LogP contribution in [-0.4, -0.2) is 16.5 Å². The minimum atomic E-state index is -1.08. The predicted octanol–water partition coefficient (Wildman–Crippen LogP) is 1.90. The van der Waals surface area contributed by atoms with Crippen LogP contribution in [0.5, 0.6) is 0 Å². The predicted molar refractivity (Wildman–Crippen MR) is 51.0 cm³/mol. The fourth-order valence-electron chi connectivity index (χ4n) is 3.42. The Morgan fingerprint density at radius 1 is 1.00 bits per heavy atom. The van der Waals surface area contributed by atoms with E-state index in [0.29, 0.717) is 12.3 Å². The number of aliphatic hydroxyl groups excluding tert-OH is 1. The highest BCUT2D eigenvalue weighted by Gasteiger charge is 2.37. The van der Waals surface area contributed by atoms with Crippen LogP contribution in [0, 0.1) is 17.8 Å². The summed E-state index contributed by atoms with van der Waals surface area (Å²) in [5, 5.41) is 17.9. The van der Waals surface area contributed by atoms with Crippen molar-refractivity contribution in [2.45, 2.75) is 51.2 Å². The van der Waals surface area contributed by atoms with Crippen molar-refractivity contribution in [1.82, 2.24) is 0 Å². The van der Waals surface area contributed by atoms with Gasteiger partial charge in [0, 0.05) is 6.42 Å². The van der Waals surface area contributed by atoms with Gasteiger partial charge < -0.3 is 10.2 Å². The zero-order chi connectivity index (χ0) is 9.26. The van der Waals surface area contributed by atoms with Crippen molar-refractivity contribution in [2.24, 2.45) is 17.8 Å². The second-order valence-electron chi connectivity index (χ2n) is 4.76. The maximum absolute atomic E-state index is 8.96. The van der Waals surface area contributed by atoms with E-state index in [1.165, 1.54) is 38.5 Å². The lowest BCUT2D eigenvalue weighted by Gasteiger charge is -2.29. The monoisotopic (exact) mass is 184 g/mol. The molecule has 3 atom stereocenters. The fraction of sp³-hybridized carbons (Fsp3) is 1.00. The number of hydrogen-bond acceptors (Lipinski definition) is 2. The summed E-state index contributed by atoms with van der Waals surface area (Å²) in [4.78, 5) is 0. The molecule has 2 saturated carbocycles. The molecule has 0 spiro atoms. The number of aliphatic hydroxyl groups is 2. The highest BCUT2D eigenvalue weighted by atomic mass is 16.5. The first-order chi connectivity index (χ1) is 6.27. The molecule has 0 aromatic rings. The van der Waals surface area contributed by atoms with Gasteiger partial charge in [0.25, 0.3) is 0 Å². The third-order valence-electron chi connectivity index (χ3n) is 4.00. The van der Waals surface area contributed by atoms with Gasteiger partial charge in [0.15, 0.2) is 6.29 Å². The molecule has 2 aliphatic carbocycles. The van der Waals surface area contributed by atoms with Gasteiger partial charge in [-0.15, -0.1) is 0 Å². The third kappa shape index (κ3) is 2.05. The Kier molecular flexibility index (Phi) is 2.89. The van der Waals surface area contributed by atoms with Crippen LogP contribution in [0.15, 0.2) is 0 Å². The second-order valence-corrected chi connectivity index (χ2v) is 4.76. The van der Waals surface area contributed by atoms with Crippen LogP contribution in [0.4, 0.5) is 0 Å². The Bertz CT molecular complexity index is 167. The first-order valence-electron chi connectivity index (χ1n) is 5.63. The molecule has 0 heterocycles. The van der Waals surface area contributed by atoms with Gasteiger partial charge >= 0.3 is 0 Å². The smallest absolute Gasteiger partial charge is 0.151 e. The molecule has 2 heteroatoms. The van der Waals surface area contributed by atoms with Gasteiger partial charge in [-0.25, -0.2) is 0 Å². The van der Waals surface area contributed by atoms with Crippen molar-refractivity contribution >= 4 is 0 Å². The van der Waals surface area contributed by atoms with Crippen molar-refractivity contribution in [2.75, 3.05) is 0 Å². The highest BCUT2D eigenvalue weighted by molar-refractivity contribution is 4.87. The van der Waals surface area contributed by atoms with Gasteiger partial charge in [-0.3, -0.25) is 0 Å². The molecule has 0 saturated heterocycles. The van der Waals surface area contributed by atoms with Gasteiger partial charge in [0.05, 0.1) is 0 Å². The zero-order valence-corrected chi connectivity index (χ0v) is 8.15. The van der Waals surface area contributed by atoms with E-state index in [4.69, 9.17) is 10.2 Å². The van der Waals surface area contributed by atoms with Gasteiger partial charge in [0.2, 0.25) is 0 Å². The van der Waals surface area contributed by atoms with Crippen molar-refractivity contribution in [3.8, 4) is 0 Å². The topological polar surface area (TPSA) is 40.5 Å². The van der Waals surface area contributed by atoms with E-state index >= 15 is 0 Å².